The standard InChI is InChI=1S/C19H27ClN2O5S/c1-2-10-28(24,25)22-6-4-15(5-7-22)21-18(23)13-14-11-16(20)19-17(12-14)26-8-3-9-27-19/h11-12,15H,2-10,13H2,1H3,(H,21,23). The van der Waals surface area contributed by atoms with Gasteiger partial charge in [-0.05, 0) is 37.0 Å². The average molecular weight is 431 g/mol. The molecule has 0 unspecified atom stereocenters. The molecule has 2 aliphatic rings. The van der Waals surface area contributed by atoms with Gasteiger partial charge in [-0.3, -0.25) is 4.79 Å². The Morgan fingerprint density at radius 1 is 1.25 bits per heavy atom. The van der Waals surface area contributed by atoms with E-state index in [0.717, 1.165) is 12.0 Å². The zero-order valence-electron chi connectivity index (χ0n) is 16.1. The SMILES string of the molecule is CCCS(=O)(=O)N1CCC(NC(=O)Cc2cc(Cl)c3c(c2)OCCCO3)CC1. The number of ether oxygens (including phenoxy) is 2. The van der Waals surface area contributed by atoms with Crippen LogP contribution in [0.5, 0.6) is 11.5 Å². The molecule has 1 aromatic carbocycles. The highest BCUT2D eigenvalue weighted by molar-refractivity contribution is 7.89. The molecule has 1 aromatic rings. The van der Waals surface area contributed by atoms with E-state index in [0.29, 0.717) is 62.1 Å². The largest absolute Gasteiger partial charge is 0.489 e. The fourth-order valence-electron chi connectivity index (χ4n) is 3.52. The molecule has 3 rings (SSSR count). The first-order valence-corrected chi connectivity index (χ1v) is 11.7. The first-order chi connectivity index (χ1) is 13.4. The summed E-state index contributed by atoms with van der Waals surface area (Å²) in [5, 5.41) is 3.45. The van der Waals surface area contributed by atoms with Crippen LogP contribution in [0.1, 0.15) is 38.2 Å². The zero-order valence-corrected chi connectivity index (χ0v) is 17.7. The van der Waals surface area contributed by atoms with Gasteiger partial charge in [-0.2, -0.15) is 0 Å². The lowest BCUT2D eigenvalue weighted by Crippen LogP contribution is -2.47. The van der Waals surface area contributed by atoms with Crippen molar-refractivity contribution in [2.45, 2.75) is 45.1 Å². The predicted molar refractivity (Wildman–Crippen MR) is 108 cm³/mol. The number of hydrogen-bond acceptors (Lipinski definition) is 5. The van der Waals surface area contributed by atoms with E-state index in [9.17, 15) is 13.2 Å². The Morgan fingerprint density at radius 3 is 2.68 bits per heavy atom. The summed E-state index contributed by atoms with van der Waals surface area (Å²) in [5.74, 6) is 1.17. The van der Waals surface area contributed by atoms with E-state index < -0.39 is 10.0 Å². The molecule has 1 saturated heterocycles. The fourth-order valence-corrected chi connectivity index (χ4v) is 5.34. The van der Waals surface area contributed by atoms with Crippen molar-refractivity contribution in [1.29, 1.82) is 0 Å². The molecule has 1 fully saturated rings. The summed E-state index contributed by atoms with van der Waals surface area (Å²) in [6, 6.07) is 3.51. The van der Waals surface area contributed by atoms with E-state index in [1.54, 1.807) is 12.1 Å². The third kappa shape index (κ3) is 5.30. The Balaban J connectivity index is 1.54. The van der Waals surface area contributed by atoms with Gasteiger partial charge in [-0.25, -0.2) is 12.7 Å². The normalized spacial score (nSPS) is 18.5. The summed E-state index contributed by atoms with van der Waals surface area (Å²) >= 11 is 6.28. The molecule has 2 aliphatic heterocycles. The number of nitrogens with one attached hydrogen (secondary N) is 1. The van der Waals surface area contributed by atoms with Crippen LogP contribution in [0.15, 0.2) is 12.1 Å². The van der Waals surface area contributed by atoms with Crippen LogP contribution < -0.4 is 14.8 Å². The number of carbonyl (C=O) groups excluding carboxylic acids is 1. The van der Waals surface area contributed by atoms with Crippen LogP contribution >= 0.6 is 11.6 Å². The van der Waals surface area contributed by atoms with Gasteiger partial charge in [-0.15, -0.1) is 0 Å². The number of hydrogen-bond donors (Lipinski definition) is 1. The number of amides is 1. The molecule has 0 aliphatic carbocycles. The van der Waals surface area contributed by atoms with Gasteiger partial charge >= 0.3 is 0 Å². The second-order valence-corrected chi connectivity index (χ2v) is 9.68. The number of sulfonamides is 1. The molecule has 28 heavy (non-hydrogen) atoms. The first-order valence-electron chi connectivity index (χ1n) is 9.74. The summed E-state index contributed by atoms with van der Waals surface area (Å²) in [4.78, 5) is 12.5. The highest BCUT2D eigenvalue weighted by atomic mass is 35.5. The number of nitrogens with zero attached hydrogens (tertiary/aromatic N) is 1. The van der Waals surface area contributed by atoms with Gasteiger partial charge in [0.1, 0.15) is 0 Å². The maximum atomic E-state index is 12.5. The van der Waals surface area contributed by atoms with Crippen molar-refractivity contribution in [3.05, 3.63) is 22.7 Å². The molecule has 0 bridgehead atoms. The van der Waals surface area contributed by atoms with Gasteiger partial charge < -0.3 is 14.8 Å². The maximum absolute atomic E-state index is 12.5. The second-order valence-electron chi connectivity index (χ2n) is 7.19. The van der Waals surface area contributed by atoms with Crippen LogP contribution in [-0.4, -0.2) is 56.7 Å². The summed E-state index contributed by atoms with van der Waals surface area (Å²) < 4.78 is 37.1. The topological polar surface area (TPSA) is 84.9 Å². The minimum absolute atomic E-state index is 0.0172. The first kappa shape index (κ1) is 21.2. The quantitative estimate of drug-likeness (QED) is 0.748. The Bertz CT molecular complexity index is 807. The highest BCUT2D eigenvalue weighted by Crippen LogP contribution is 2.38. The smallest absolute Gasteiger partial charge is 0.224 e. The van der Waals surface area contributed by atoms with E-state index in [1.807, 2.05) is 6.92 Å². The van der Waals surface area contributed by atoms with Gasteiger partial charge in [0, 0.05) is 25.6 Å². The molecular weight excluding hydrogens is 404 g/mol. The van der Waals surface area contributed by atoms with Gasteiger partial charge in [0.25, 0.3) is 0 Å². The number of rotatable bonds is 6. The van der Waals surface area contributed by atoms with Crippen molar-refractivity contribution in [2.24, 2.45) is 0 Å². The van der Waals surface area contributed by atoms with Crippen molar-refractivity contribution in [2.75, 3.05) is 32.1 Å². The average Bonchev–Trinajstić information content (AvgIpc) is 2.88. The molecule has 156 valence electrons. The van der Waals surface area contributed by atoms with Crippen LogP contribution in [-0.2, 0) is 21.2 Å². The summed E-state index contributed by atoms with van der Waals surface area (Å²) in [5.41, 5.74) is 0.759. The summed E-state index contributed by atoms with van der Waals surface area (Å²) in [7, 11) is -3.17. The third-order valence-electron chi connectivity index (χ3n) is 4.90. The van der Waals surface area contributed by atoms with Crippen molar-refractivity contribution >= 4 is 27.5 Å². The van der Waals surface area contributed by atoms with Gasteiger partial charge in [0.15, 0.2) is 11.5 Å². The molecule has 0 saturated carbocycles. The van der Waals surface area contributed by atoms with E-state index in [-0.39, 0.29) is 24.1 Å². The Hall–Kier alpha value is -1.51. The molecule has 0 radical (unpaired) electrons. The Morgan fingerprint density at radius 2 is 1.96 bits per heavy atom. The van der Waals surface area contributed by atoms with E-state index in [2.05, 4.69) is 5.32 Å². The number of piperidine rings is 1. The minimum Gasteiger partial charge on any atom is -0.489 e. The van der Waals surface area contributed by atoms with E-state index in [4.69, 9.17) is 21.1 Å². The van der Waals surface area contributed by atoms with Crippen molar-refractivity contribution in [3.63, 3.8) is 0 Å². The van der Waals surface area contributed by atoms with Crippen molar-refractivity contribution in [3.8, 4) is 11.5 Å². The third-order valence-corrected chi connectivity index (χ3v) is 7.26. The fraction of sp³-hybridized carbons (Fsp3) is 0.632. The van der Waals surface area contributed by atoms with E-state index in [1.165, 1.54) is 4.31 Å². The molecule has 0 aromatic heterocycles. The Labute approximate surface area is 171 Å². The lowest BCUT2D eigenvalue weighted by atomic mass is 10.1. The molecule has 9 heteroatoms. The summed E-state index contributed by atoms with van der Waals surface area (Å²) in [6.45, 7) is 3.86. The van der Waals surface area contributed by atoms with Gasteiger partial charge in [0.05, 0.1) is 30.4 Å². The van der Waals surface area contributed by atoms with Crippen LogP contribution in [0.4, 0.5) is 0 Å². The number of carbonyl (C=O) groups is 1. The predicted octanol–water partition coefficient (Wildman–Crippen LogP) is 2.36. The molecule has 0 spiro atoms. The maximum Gasteiger partial charge on any atom is 0.224 e. The number of halogens is 1. The molecule has 2 heterocycles. The lowest BCUT2D eigenvalue weighted by Gasteiger charge is -2.31. The van der Waals surface area contributed by atoms with Crippen LogP contribution in [0.3, 0.4) is 0 Å². The zero-order chi connectivity index (χ0) is 20.1. The van der Waals surface area contributed by atoms with Crippen molar-refractivity contribution < 1.29 is 22.7 Å². The molecule has 0 atom stereocenters. The van der Waals surface area contributed by atoms with Crippen molar-refractivity contribution in [1.82, 2.24) is 9.62 Å². The monoisotopic (exact) mass is 430 g/mol. The van der Waals surface area contributed by atoms with E-state index >= 15 is 0 Å². The van der Waals surface area contributed by atoms with Gasteiger partial charge in [-0.1, -0.05) is 18.5 Å². The van der Waals surface area contributed by atoms with Gasteiger partial charge in [0.2, 0.25) is 15.9 Å². The Kier molecular flexibility index (Phi) is 7.06. The second kappa shape index (κ2) is 9.33. The molecular formula is C19H27ClN2O5S. The number of benzene rings is 1. The lowest BCUT2D eigenvalue weighted by molar-refractivity contribution is -0.121. The van der Waals surface area contributed by atoms with Crippen LogP contribution in [0.25, 0.3) is 0 Å². The highest BCUT2D eigenvalue weighted by Gasteiger charge is 2.28. The van der Waals surface area contributed by atoms with Crippen LogP contribution in [0, 0.1) is 0 Å². The minimum atomic E-state index is -3.17. The summed E-state index contributed by atoms with van der Waals surface area (Å²) in [6.07, 6.45) is 2.82. The van der Waals surface area contributed by atoms with Crippen LogP contribution in [0.2, 0.25) is 5.02 Å². The molecule has 1 N–H and O–H groups in total. The molecule has 1 amide bonds. The molecule has 7 nitrogen and oxygen atoms in total. The number of fused-ring (bicyclic) bond motifs is 1.